The maximum atomic E-state index is 12.7. The van der Waals surface area contributed by atoms with E-state index in [0.29, 0.717) is 40.1 Å². The minimum absolute atomic E-state index is 0.0515. The third-order valence-corrected chi connectivity index (χ3v) is 5.83. The van der Waals surface area contributed by atoms with Crippen molar-refractivity contribution in [3.63, 3.8) is 0 Å². The second kappa shape index (κ2) is 12.3. The number of methoxy groups -OCH3 is 1. The number of nitriles is 1. The molecule has 8 heteroatoms. The summed E-state index contributed by atoms with van der Waals surface area (Å²) in [5.41, 5.74) is 1.96. The molecule has 0 fully saturated rings. The van der Waals surface area contributed by atoms with E-state index in [9.17, 15) is 10.1 Å². The Morgan fingerprint density at radius 1 is 1.15 bits per heavy atom. The Bertz CT molecular complexity index is 1250. The van der Waals surface area contributed by atoms with Crippen molar-refractivity contribution in [3.05, 3.63) is 86.0 Å². The zero-order valence-corrected chi connectivity index (χ0v) is 21.5. The van der Waals surface area contributed by atoms with Crippen LogP contribution >= 0.6 is 34.2 Å². The highest BCUT2D eigenvalue weighted by molar-refractivity contribution is 14.1. The fourth-order valence-electron chi connectivity index (χ4n) is 3.07. The van der Waals surface area contributed by atoms with Gasteiger partial charge in [-0.3, -0.25) is 4.79 Å². The molecule has 0 radical (unpaired) electrons. The maximum Gasteiger partial charge on any atom is 0.266 e. The smallest absolute Gasteiger partial charge is 0.266 e. The summed E-state index contributed by atoms with van der Waals surface area (Å²) in [7, 11) is 1.53. The summed E-state index contributed by atoms with van der Waals surface area (Å²) in [6.45, 7) is 2.66. The van der Waals surface area contributed by atoms with E-state index in [1.54, 1.807) is 36.4 Å². The van der Waals surface area contributed by atoms with Gasteiger partial charge in [-0.15, -0.1) is 0 Å². The van der Waals surface area contributed by atoms with E-state index in [1.165, 1.54) is 13.2 Å². The van der Waals surface area contributed by atoms with E-state index >= 15 is 0 Å². The highest BCUT2D eigenvalue weighted by Crippen LogP contribution is 2.35. The third-order valence-electron chi connectivity index (χ3n) is 4.66. The van der Waals surface area contributed by atoms with Crippen LogP contribution in [0.1, 0.15) is 18.1 Å². The van der Waals surface area contributed by atoms with Crippen LogP contribution in [0.3, 0.4) is 0 Å². The Labute approximate surface area is 217 Å². The first-order chi connectivity index (χ1) is 16.4. The highest BCUT2D eigenvalue weighted by Gasteiger charge is 2.15. The molecular formula is C26H22ClIN2O4. The van der Waals surface area contributed by atoms with Crippen LogP contribution in [0.5, 0.6) is 17.2 Å². The number of benzene rings is 3. The van der Waals surface area contributed by atoms with Gasteiger partial charge in [0.25, 0.3) is 5.91 Å². The molecule has 0 unspecified atom stereocenters. The molecule has 0 atom stereocenters. The SMILES string of the molecule is CCOc1cccc(NC(=O)C(C#N)=Cc2cc(I)c(OCc3ccccc3Cl)c(OC)c2)c1. The minimum atomic E-state index is -0.524. The lowest BCUT2D eigenvalue weighted by molar-refractivity contribution is -0.112. The monoisotopic (exact) mass is 588 g/mol. The molecule has 0 aromatic heterocycles. The van der Waals surface area contributed by atoms with Gasteiger partial charge in [-0.1, -0.05) is 35.9 Å². The normalized spacial score (nSPS) is 10.9. The Morgan fingerprint density at radius 2 is 1.94 bits per heavy atom. The summed E-state index contributed by atoms with van der Waals surface area (Å²) in [4.78, 5) is 12.7. The Hall–Kier alpha value is -3.22. The number of carbonyl (C=O) groups excluding carboxylic acids is 1. The Morgan fingerprint density at radius 3 is 2.65 bits per heavy atom. The molecule has 0 saturated carbocycles. The van der Waals surface area contributed by atoms with Crippen LogP contribution < -0.4 is 19.5 Å². The first-order valence-corrected chi connectivity index (χ1v) is 11.8. The molecule has 0 bridgehead atoms. The number of halogens is 2. The van der Waals surface area contributed by atoms with Crippen molar-refractivity contribution in [3.8, 4) is 23.3 Å². The molecule has 3 aromatic rings. The van der Waals surface area contributed by atoms with Crippen LogP contribution in [0, 0.1) is 14.9 Å². The van der Waals surface area contributed by atoms with Crippen molar-refractivity contribution in [2.75, 3.05) is 19.0 Å². The largest absolute Gasteiger partial charge is 0.494 e. The number of nitrogens with zero attached hydrogens (tertiary/aromatic N) is 1. The van der Waals surface area contributed by atoms with Crippen molar-refractivity contribution >= 4 is 51.9 Å². The molecule has 0 heterocycles. The number of carbonyl (C=O) groups is 1. The summed E-state index contributed by atoms with van der Waals surface area (Å²) in [6, 6.07) is 19.9. The summed E-state index contributed by atoms with van der Waals surface area (Å²) in [5, 5.41) is 12.9. The number of amides is 1. The fourth-order valence-corrected chi connectivity index (χ4v) is 4.04. The maximum absolute atomic E-state index is 12.7. The van der Waals surface area contributed by atoms with Crippen LogP contribution in [0.4, 0.5) is 5.69 Å². The molecule has 0 aliphatic heterocycles. The van der Waals surface area contributed by atoms with Crippen LogP contribution in [0.25, 0.3) is 6.08 Å². The molecule has 3 aromatic carbocycles. The average molecular weight is 589 g/mol. The van der Waals surface area contributed by atoms with Crippen molar-refractivity contribution < 1.29 is 19.0 Å². The number of ether oxygens (including phenoxy) is 3. The molecule has 3 rings (SSSR count). The summed E-state index contributed by atoms with van der Waals surface area (Å²) >= 11 is 8.35. The second-order valence-electron chi connectivity index (χ2n) is 7.00. The fraction of sp³-hybridized carbons (Fsp3) is 0.154. The molecule has 34 heavy (non-hydrogen) atoms. The number of hydrogen-bond donors (Lipinski definition) is 1. The van der Waals surface area contributed by atoms with Gasteiger partial charge in [-0.25, -0.2) is 0 Å². The Kier molecular flexibility index (Phi) is 9.19. The van der Waals surface area contributed by atoms with Gasteiger partial charge >= 0.3 is 0 Å². The van der Waals surface area contributed by atoms with Crippen molar-refractivity contribution in [2.45, 2.75) is 13.5 Å². The zero-order valence-electron chi connectivity index (χ0n) is 18.6. The van der Waals surface area contributed by atoms with Gasteiger partial charge in [0.1, 0.15) is 24.0 Å². The molecule has 1 N–H and O–H groups in total. The van der Waals surface area contributed by atoms with E-state index in [-0.39, 0.29) is 12.2 Å². The Balaban J connectivity index is 1.81. The van der Waals surface area contributed by atoms with Crippen LogP contribution in [0.15, 0.2) is 66.2 Å². The molecule has 0 aliphatic rings. The van der Waals surface area contributed by atoms with Gasteiger partial charge < -0.3 is 19.5 Å². The number of hydrogen-bond acceptors (Lipinski definition) is 5. The van der Waals surface area contributed by atoms with E-state index in [0.717, 1.165) is 9.13 Å². The summed E-state index contributed by atoms with van der Waals surface area (Å²) < 4.78 is 17.7. The van der Waals surface area contributed by atoms with Gasteiger partial charge in [0, 0.05) is 22.3 Å². The summed E-state index contributed by atoms with van der Waals surface area (Å²) in [5.74, 6) is 1.14. The zero-order chi connectivity index (χ0) is 24.5. The van der Waals surface area contributed by atoms with Gasteiger partial charge in [0.2, 0.25) is 0 Å². The van der Waals surface area contributed by atoms with Gasteiger partial charge in [0.05, 0.1) is 17.3 Å². The van der Waals surface area contributed by atoms with Crippen molar-refractivity contribution in [2.24, 2.45) is 0 Å². The number of nitrogens with one attached hydrogen (secondary N) is 1. The van der Waals surface area contributed by atoms with E-state index in [1.807, 2.05) is 37.3 Å². The van der Waals surface area contributed by atoms with Gasteiger partial charge in [0.15, 0.2) is 11.5 Å². The third kappa shape index (κ3) is 6.65. The van der Waals surface area contributed by atoms with Crippen LogP contribution in [0.2, 0.25) is 5.02 Å². The molecule has 6 nitrogen and oxygen atoms in total. The molecule has 0 saturated heterocycles. The molecular weight excluding hydrogens is 567 g/mol. The van der Waals surface area contributed by atoms with E-state index < -0.39 is 5.91 Å². The lowest BCUT2D eigenvalue weighted by Crippen LogP contribution is -2.13. The molecule has 0 aliphatic carbocycles. The van der Waals surface area contributed by atoms with E-state index in [2.05, 4.69) is 27.9 Å². The lowest BCUT2D eigenvalue weighted by atomic mass is 10.1. The highest BCUT2D eigenvalue weighted by atomic mass is 127. The molecule has 1 amide bonds. The van der Waals surface area contributed by atoms with Gasteiger partial charge in [-0.2, -0.15) is 5.26 Å². The standard InChI is InChI=1S/C26H22ClIN2O4/c1-3-33-21-9-6-8-20(14-21)30-26(31)19(15-29)11-17-12-23(28)25(24(13-17)32-2)34-16-18-7-4-5-10-22(18)27/h4-14H,3,16H2,1-2H3,(H,30,31). The molecule has 174 valence electrons. The first kappa shape index (κ1) is 25.4. The van der Waals surface area contributed by atoms with Crippen molar-refractivity contribution in [1.82, 2.24) is 0 Å². The minimum Gasteiger partial charge on any atom is -0.494 e. The van der Waals surface area contributed by atoms with Crippen LogP contribution in [-0.4, -0.2) is 19.6 Å². The second-order valence-corrected chi connectivity index (χ2v) is 8.57. The summed E-state index contributed by atoms with van der Waals surface area (Å²) in [6.07, 6.45) is 1.50. The first-order valence-electron chi connectivity index (χ1n) is 10.3. The topological polar surface area (TPSA) is 80.6 Å². The number of anilines is 1. The molecule has 0 spiro atoms. The number of rotatable bonds is 9. The quantitative estimate of drug-likeness (QED) is 0.176. The average Bonchev–Trinajstić information content (AvgIpc) is 2.83. The predicted octanol–water partition coefficient (Wildman–Crippen LogP) is 6.48. The van der Waals surface area contributed by atoms with Gasteiger partial charge in [-0.05, 0) is 71.5 Å². The lowest BCUT2D eigenvalue weighted by Gasteiger charge is -2.14. The predicted molar refractivity (Wildman–Crippen MR) is 141 cm³/mol. The van der Waals surface area contributed by atoms with Crippen LogP contribution in [-0.2, 0) is 11.4 Å². The van der Waals surface area contributed by atoms with E-state index in [4.69, 9.17) is 25.8 Å². The van der Waals surface area contributed by atoms with Crippen molar-refractivity contribution in [1.29, 1.82) is 5.26 Å².